The number of alkyl halides is 3. The summed E-state index contributed by atoms with van der Waals surface area (Å²) in [4.78, 5) is 27.5. The van der Waals surface area contributed by atoms with Crippen LogP contribution >= 0.6 is 0 Å². The number of carboxylic acids is 1. The minimum atomic E-state index is -4.68. The summed E-state index contributed by atoms with van der Waals surface area (Å²) in [5, 5.41) is 8.37. The third-order valence-electron chi connectivity index (χ3n) is 2.23. The second-order valence-corrected chi connectivity index (χ2v) is 3.78. The van der Waals surface area contributed by atoms with Crippen LogP contribution in [-0.4, -0.2) is 27.0 Å². The Kier molecular flexibility index (Phi) is 5.56. The highest BCUT2D eigenvalue weighted by atomic mass is 19.4. The van der Waals surface area contributed by atoms with Crippen molar-refractivity contribution in [3.63, 3.8) is 0 Å². The van der Waals surface area contributed by atoms with Gasteiger partial charge < -0.3 is 10.8 Å². The van der Waals surface area contributed by atoms with Crippen LogP contribution in [0.2, 0.25) is 0 Å². The standard InChI is InChI=1S/C7H4F3NO2.C6H6N2O/c8-7(9,10)4-2-1-3-11-5(4)6(12)13;7-6(9)5-3-1-2-4-8-5/h1-3H,(H,12,13);1-4H,(H2,7,9). The lowest BCUT2D eigenvalue weighted by Gasteiger charge is -2.07. The van der Waals surface area contributed by atoms with Gasteiger partial charge in [-0.05, 0) is 24.3 Å². The van der Waals surface area contributed by atoms with Crippen molar-refractivity contribution in [2.75, 3.05) is 0 Å². The number of aromatic carboxylic acids is 1. The van der Waals surface area contributed by atoms with E-state index in [0.717, 1.165) is 12.3 Å². The maximum Gasteiger partial charge on any atom is 0.418 e. The minimum absolute atomic E-state index is 0.303. The summed E-state index contributed by atoms with van der Waals surface area (Å²) in [6.45, 7) is 0. The van der Waals surface area contributed by atoms with E-state index in [0.29, 0.717) is 11.8 Å². The number of amides is 1. The first-order valence-corrected chi connectivity index (χ1v) is 5.70. The Bertz CT molecular complexity index is 660. The van der Waals surface area contributed by atoms with E-state index in [-0.39, 0.29) is 0 Å². The highest BCUT2D eigenvalue weighted by Crippen LogP contribution is 2.30. The molecule has 0 aromatic carbocycles. The van der Waals surface area contributed by atoms with Gasteiger partial charge in [-0.3, -0.25) is 9.78 Å². The normalized spacial score (nSPS) is 10.3. The van der Waals surface area contributed by atoms with Gasteiger partial charge in [0.2, 0.25) is 0 Å². The predicted octanol–water partition coefficient (Wildman–Crippen LogP) is 1.98. The van der Waals surface area contributed by atoms with Crippen LogP contribution in [0.1, 0.15) is 26.5 Å². The second kappa shape index (κ2) is 7.16. The van der Waals surface area contributed by atoms with Crippen molar-refractivity contribution in [3.05, 3.63) is 59.7 Å². The fourth-order valence-electron chi connectivity index (χ4n) is 1.31. The lowest BCUT2D eigenvalue weighted by atomic mass is 10.2. The molecule has 2 aromatic heterocycles. The molecule has 0 spiro atoms. The van der Waals surface area contributed by atoms with Gasteiger partial charge in [-0.2, -0.15) is 13.2 Å². The zero-order valence-corrected chi connectivity index (χ0v) is 10.9. The Morgan fingerprint density at radius 1 is 1.05 bits per heavy atom. The zero-order valence-electron chi connectivity index (χ0n) is 10.9. The van der Waals surface area contributed by atoms with Gasteiger partial charge in [0.1, 0.15) is 5.69 Å². The molecule has 1 amide bonds. The number of nitrogens with zero attached hydrogens (tertiary/aromatic N) is 2. The van der Waals surface area contributed by atoms with E-state index in [4.69, 9.17) is 10.8 Å². The number of pyridine rings is 2. The van der Waals surface area contributed by atoms with E-state index in [1.165, 1.54) is 6.20 Å². The molecule has 0 bridgehead atoms. The fraction of sp³-hybridized carbons (Fsp3) is 0.0769. The number of hydrogen-bond acceptors (Lipinski definition) is 4. The zero-order chi connectivity index (χ0) is 16.8. The van der Waals surface area contributed by atoms with Crippen LogP contribution in [0.4, 0.5) is 13.2 Å². The van der Waals surface area contributed by atoms with Crippen molar-refractivity contribution < 1.29 is 27.9 Å². The molecule has 0 aliphatic heterocycles. The van der Waals surface area contributed by atoms with Crippen molar-refractivity contribution in [2.24, 2.45) is 5.73 Å². The molecular weight excluding hydrogens is 303 g/mol. The van der Waals surface area contributed by atoms with Gasteiger partial charge in [0.05, 0.1) is 5.56 Å². The molecule has 9 heteroatoms. The Balaban J connectivity index is 0.000000235. The highest BCUT2D eigenvalue weighted by Gasteiger charge is 2.35. The molecule has 6 nitrogen and oxygen atoms in total. The Morgan fingerprint density at radius 3 is 2.05 bits per heavy atom. The maximum absolute atomic E-state index is 12.1. The fourth-order valence-corrected chi connectivity index (χ4v) is 1.31. The van der Waals surface area contributed by atoms with Gasteiger partial charge in [0.25, 0.3) is 5.91 Å². The largest absolute Gasteiger partial charge is 0.476 e. The van der Waals surface area contributed by atoms with Gasteiger partial charge in [-0.1, -0.05) is 6.07 Å². The highest BCUT2D eigenvalue weighted by molar-refractivity contribution is 5.90. The summed E-state index contributed by atoms with van der Waals surface area (Å²) in [6, 6.07) is 6.73. The van der Waals surface area contributed by atoms with Crippen molar-refractivity contribution in [2.45, 2.75) is 6.18 Å². The molecule has 22 heavy (non-hydrogen) atoms. The average Bonchev–Trinajstić information content (AvgIpc) is 2.48. The van der Waals surface area contributed by atoms with Crippen molar-refractivity contribution in [1.82, 2.24) is 9.97 Å². The monoisotopic (exact) mass is 313 g/mol. The SMILES string of the molecule is NC(=O)c1ccccn1.O=C(O)c1ncccc1C(F)(F)F. The van der Waals surface area contributed by atoms with Gasteiger partial charge >= 0.3 is 12.1 Å². The Morgan fingerprint density at radius 2 is 1.68 bits per heavy atom. The third kappa shape index (κ3) is 4.85. The number of primary amides is 1. The molecule has 0 aliphatic rings. The molecule has 2 heterocycles. The van der Waals surface area contributed by atoms with Gasteiger partial charge in [0.15, 0.2) is 5.69 Å². The van der Waals surface area contributed by atoms with E-state index < -0.39 is 29.3 Å². The van der Waals surface area contributed by atoms with Crippen LogP contribution in [0.25, 0.3) is 0 Å². The van der Waals surface area contributed by atoms with Crippen molar-refractivity contribution in [3.8, 4) is 0 Å². The predicted molar refractivity (Wildman–Crippen MR) is 69.0 cm³/mol. The second-order valence-electron chi connectivity index (χ2n) is 3.78. The number of nitrogens with two attached hydrogens (primary N) is 1. The smallest absolute Gasteiger partial charge is 0.418 e. The number of carbonyl (C=O) groups is 2. The molecule has 0 fully saturated rings. The molecular formula is C13H10F3N3O3. The average molecular weight is 313 g/mol. The van der Waals surface area contributed by atoms with Crippen molar-refractivity contribution >= 4 is 11.9 Å². The molecule has 2 rings (SSSR count). The van der Waals surface area contributed by atoms with E-state index in [1.807, 2.05) is 0 Å². The summed E-state index contributed by atoms with van der Waals surface area (Å²) in [5.74, 6) is -2.18. The molecule has 0 radical (unpaired) electrons. The number of hydrogen-bond donors (Lipinski definition) is 2. The van der Waals surface area contributed by atoms with Gasteiger partial charge in [0, 0.05) is 12.4 Å². The summed E-state index contributed by atoms with van der Waals surface area (Å²) >= 11 is 0. The molecule has 116 valence electrons. The van der Waals surface area contributed by atoms with E-state index in [2.05, 4.69) is 9.97 Å². The molecule has 0 saturated heterocycles. The molecule has 0 unspecified atom stereocenters. The number of halogens is 3. The first-order valence-electron chi connectivity index (χ1n) is 5.70. The van der Waals surface area contributed by atoms with Crippen molar-refractivity contribution in [1.29, 1.82) is 0 Å². The number of rotatable bonds is 2. The Hall–Kier alpha value is -2.97. The lowest BCUT2D eigenvalue weighted by Crippen LogP contribution is -2.14. The Labute approximate surface area is 122 Å². The summed E-state index contributed by atoms with van der Waals surface area (Å²) in [7, 11) is 0. The third-order valence-corrected chi connectivity index (χ3v) is 2.23. The topological polar surface area (TPSA) is 106 Å². The number of aromatic nitrogens is 2. The van der Waals surface area contributed by atoms with Crippen LogP contribution in [0.15, 0.2) is 42.7 Å². The number of carboxylic acid groups (broad SMARTS) is 1. The summed E-state index contributed by atoms with van der Waals surface area (Å²) < 4.78 is 36.3. The quantitative estimate of drug-likeness (QED) is 0.881. The number of carbonyl (C=O) groups excluding carboxylic acids is 1. The summed E-state index contributed by atoms with van der Waals surface area (Å²) in [5.41, 5.74) is 3.00. The molecule has 0 saturated carbocycles. The van der Waals surface area contributed by atoms with Crippen LogP contribution in [0.3, 0.4) is 0 Å². The van der Waals surface area contributed by atoms with Gasteiger partial charge in [-0.15, -0.1) is 0 Å². The summed E-state index contributed by atoms with van der Waals surface area (Å²) in [6.07, 6.45) is -2.15. The van der Waals surface area contributed by atoms with Gasteiger partial charge in [-0.25, -0.2) is 9.78 Å². The van der Waals surface area contributed by atoms with Crippen LogP contribution < -0.4 is 5.73 Å². The van der Waals surface area contributed by atoms with E-state index in [1.54, 1.807) is 18.2 Å². The molecule has 3 N–H and O–H groups in total. The van der Waals surface area contributed by atoms with Crippen LogP contribution in [0, 0.1) is 0 Å². The van der Waals surface area contributed by atoms with E-state index in [9.17, 15) is 22.8 Å². The molecule has 0 atom stereocenters. The van der Waals surface area contributed by atoms with Crippen LogP contribution in [-0.2, 0) is 6.18 Å². The van der Waals surface area contributed by atoms with E-state index >= 15 is 0 Å². The molecule has 2 aromatic rings. The minimum Gasteiger partial charge on any atom is -0.476 e. The molecule has 0 aliphatic carbocycles. The first-order chi connectivity index (χ1) is 10.2. The van der Waals surface area contributed by atoms with Crippen LogP contribution in [0.5, 0.6) is 0 Å². The maximum atomic E-state index is 12.1. The first kappa shape index (κ1) is 17.1. The lowest BCUT2D eigenvalue weighted by molar-refractivity contribution is -0.138.